The summed E-state index contributed by atoms with van der Waals surface area (Å²) in [5, 5.41) is 1.19. The van der Waals surface area contributed by atoms with Gasteiger partial charge in [-0.3, -0.25) is 0 Å². The number of alkyl halides is 1. The summed E-state index contributed by atoms with van der Waals surface area (Å²) in [5.74, 6) is 1.76. The third-order valence-electron chi connectivity index (χ3n) is 1.92. The van der Waals surface area contributed by atoms with Crippen LogP contribution in [-0.2, 0) is 0 Å². The molecule has 0 aromatic heterocycles. The molecule has 0 saturated heterocycles. The van der Waals surface area contributed by atoms with Crippen molar-refractivity contribution in [3.05, 3.63) is 0 Å². The van der Waals surface area contributed by atoms with Crippen molar-refractivity contribution in [3.8, 4) is 0 Å². The Morgan fingerprint density at radius 3 is 1.92 bits per heavy atom. The molecule has 0 nitrogen and oxygen atoms in total. The number of halogens is 1. The van der Waals surface area contributed by atoms with E-state index in [-0.39, 0.29) is 0 Å². The van der Waals surface area contributed by atoms with E-state index in [1.807, 2.05) is 0 Å². The maximum atomic E-state index is 3.62. The van der Waals surface area contributed by atoms with Crippen LogP contribution >= 0.6 is 15.9 Å². The zero-order valence-electron chi connectivity index (χ0n) is 9.15. The highest BCUT2D eigenvalue weighted by Crippen LogP contribution is 2.24. The summed E-state index contributed by atoms with van der Waals surface area (Å²) in [6.45, 7) is 12.0. The summed E-state index contributed by atoms with van der Waals surface area (Å²) < 4.78 is 0. The van der Waals surface area contributed by atoms with E-state index in [0.29, 0.717) is 0 Å². The van der Waals surface area contributed by atoms with Crippen LogP contribution in [-0.4, -0.2) is 13.4 Å². The van der Waals surface area contributed by atoms with Crippen LogP contribution in [0.15, 0.2) is 0 Å². The van der Waals surface area contributed by atoms with Gasteiger partial charge >= 0.3 is 0 Å². The predicted molar refractivity (Wildman–Crippen MR) is 64.9 cm³/mol. The maximum absolute atomic E-state index is 3.62. The molecular weight excluding hydrogens is 228 g/mol. The average molecular weight is 251 g/mol. The molecule has 74 valence electrons. The zero-order valence-corrected chi connectivity index (χ0v) is 11.7. The minimum atomic E-state index is -0.838. The van der Waals surface area contributed by atoms with E-state index in [1.54, 1.807) is 0 Å². The number of hydrogen-bond donors (Lipinski definition) is 0. The van der Waals surface area contributed by atoms with Gasteiger partial charge in [-0.1, -0.05) is 55.5 Å². The van der Waals surface area contributed by atoms with Crippen molar-refractivity contribution in [1.82, 2.24) is 0 Å². The predicted octanol–water partition coefficient (Wildman–Crippen LogP) is 4.38. The molecule has 0 fully saturated rings. The van der Waals surface area contributed by atoms with Crippen molar-refractivity contribution in [2.75, 3.05) is 5.33 Å². The van der Waals surface area contributed by atoms with Crippen molar-refractivity contribution in [3.63, 3.8) is 0 Å². The fourth-order valence-electron chi connectivity index (χ4n) is 1.73. The highest BCUT2D eigenvalue weighted by Gasteiger charge is 2.20. The molecule has 0 aliphatic rings. The van der Waals surface area contributed by atoms with Gasteiger partial charge in [0.25, 0.3) is 0 Å². The molecule has 0 rings (SSSR count). The van der Waals surface area contributed by atoms with E-state index in [9.17, 15) is 0 Å². The number of hydrogen-bond acceptors (Lipinski definition) is 0. The van der Waals surface area contributed by atoms with Gasteiger partial charge < -0.3 is 0 Å². The van der Waals surface area contributed by atoms with E-state index < -0.39 is 8.07 Å². The number of rotatable bonds is 5. The second-order valence-electron chi connectivity index (χ2n) is 5.41. The van der Waals surface area contributed by atoms with E-state index in [1.165, 1.54) is 17.8 Å². The van der Waals surface area contributed by atoms with E-state index in [4.69, 9.17) is 0 Å². The van der Waals surface area contributed by atoms with E-state index in [2.05, 4.69) is 49.4 Å². The minimum absolute atomic E-state index is 0.838. The van der Waals surface area contributed by atoms with Gasteiger partial charge in [0, 0.05) is 13.4 Å². The Hall–Kier alpha value is 0.697. The molecular formula is C10H23BrSi. The van der Waals surface area contributed by atoms with Crippen LogP contribution in [0.3, 0.4) is 0 Å². The summed E-state index contributed by atoms with van der Waals surface area (Å²) in [6, 6.07) is 1.47. The molecule has 0 radical (unpaired) electrons. The minimum Gasteiger partial charge on any atom is -0.0925 e. The quantitative estimate of drug-likeness (QED) is 0.502. The van der Waals surface area contributed by atoms with Crippen molar-refractivity contribution in [1.29, 1.82) is 0 Å². The Morgan fingerprint density at radius 2 is 1.67 bits per heavy atom. The fourth-order valence-corrected chi connectivity index (χ4v) is 4.69. The highest BCUT2D eigenvalue weighted by molar-refractivity contribution is 9.09. The average Bonchev–Trinajstić information content (AvgIpc) is 1.82. The molecule has 0 N–H and O–H groups in total. The third-order valence-corrected chi connectivity index (χ3v) is 4.64. The molecule has 0 aromatic carbocycles. The lowest BCUT2D eigenvalue weighted by molar-refractivity contribution is 0.472. The lowest BCUT2D eigenvalue weighted by atomic mass is 10.0. The van der Waals surface area contributed by atoms with Gasteiger partial charge in [-0.2, -0.15) is 0 Å². The van der Waals surface area contributed by atoms with Crippen LogP contribution in [0.4, 0.5) is 0 Å². The van der Waals surface area contributed by atoms with Gasteiger partial charge in [0.15, 0.2) is 0 Å². The molecule has 0 heterocycles. The SMILES string of the molecule is CC(C)CC(CBr)C[Si](C)(C)C. The first kappa shape index (κ1) is 12.7. The van der Waals surface area contributed by atoms with E-state index in [0.717, 1.165) is 11.8 Å². The summed E-state index contributed by atoms with van der Waals surface area (Å²) in [5.41, 5.74) is 0. The van der Waals surface area contributed by atoms with Crippen LogP contribution in [0.5, 0.6) is 0 Å². The molecule has 2 heteroatoms. The molecule has 0 saturated carbocycles. The van der Waals surface area contributed by atoms with Crippen LogP contribution in [0, 0.1) is 11.8 Å². The smallest absolute Gasteiger partial charge is 0.0445 e. The van der Waals surface area contributed by atoms with Crippen molar-refractivity contribution in [2.45, 2.75) is 46.0 Å². The van der Waals surface area contributed by atoms with E-state index >= 15 is 0 Å². The molecule has 0 aliphatic heterocycles. The third kappa shape index (κ3) is 7.35. The molecule has 12 heavy (non-hydrogen) atoms. The van der Waals surface area contributed by atoms with Crippen LogP contribution in [0.25, 0.3) is 0 Å². The molecule has 0 bridgehead atoms. The lowest BCUT2D eigenvalue weighted by Gasteiger charge is -2.24. The van der Waals surface area contributed by atoms with Crippen molar-refractivity contribution in [2.24, 2.45) is 11.8 Å². The first-order valence-corrected chi connectivity index (χ1v) is 9.74. The second-order valence-corrected chi connectivity index (χ2v) is 11.6. The maximum Gasteiger partial charge on any atom is 0.0445 e. The van der Waals surface area contributed by atoms with Gasteiger partial charge in [-0.25, -0.2) is 0 Å². The molecule has 1 unspecified atom stereocenters. The van der Waals surface area contributed by atoms with Crippen molar-refractivity contribution < 1.29 is 0 Å². The largest absolute Gasteiger partial charge is 0.0925 e. The molecule has 1 atom stereocenters. The first-order chi connectivity index (χ1) is 5.35. The van der Waals surface area contributed by atoms with Gasteiger partial charge in [-0.15, -0.1) is 0 Å². The van der Waals surface area contributed by atoms with Crippen LogP contribution < -0.4 is 0 Å². The summed E-state index contributed by atoms with van der Waals surface area (Å²) in [4.78, 5) is 0. The highest BCUT2D eigenvalue weighted by atomic mass is 79.9. The Labute approximate surface area is 87.3 Å². The zero-order chi connectivity index (χ0) is 9.78. The molecule has 0 aliphatic carbocycles. The summed E-state index contributed by atoms with van der Waals surface area (Å²) in [6.07, 6.45) is 1.38. The molecule has 0 amide bonds. The monoisotopic (exact) mass is 250 g/mol. The van der Waals surface area contributed by atoms with Gasteiger partial charge in [0.1, 0.15) is 0 Å². The topological polar surface area (TPSA) is 0 Å². The Bertz CT molecular complexity index is 115. The van der Waals surface area contributed by atoms with Gasteiger partial charge in [0.05, 0.1) is 0 Å². The molecule has 0 aromatic rings. The first-order valence-electron chi connectivity index (χ1n) is 4.91. The second kappa shape index (κ2) is 5.43. The standard InChI is InChI=1S/C10H23BrSi/c1-9(2)6-10(7-11)8-12(3,4)5/h9-10H,6-8H2,1-5H3. The summed E-state index contributed by atoms with van der Waals surface area (Å²) >= 11 is 3.62. The molecule has 0 spiro atoms. The summed E-state index contributed by atoms with van der Waals surface area (Å²) in [7, 11) is -0.838. The van der Waals surface area contributed by atoms with Crippen molar-refractivity contribution >= 4 is 24.0 Å². The Balaban J connectivity index is 3.83. The fraction of sp³-hybridized carbons (Fsp3) is 1.00. The van der Waals surface area contributed by atoms with Gasteiger partial charge in [-0.05, 0) is 18.3 Å². The van der Waals surface area contributed by atoms with Crippen LogP contribution in [0.2, 0.25) is 25.7 Å². The lowest BCUT2D eigenvalue weighted by Crippen LogP contribution is -2.25. The van der Waals surface area contributed by atoms with Gasteiger partial charge in [0.2, 0.25) is 0 Å². The Kier molecular flexibility index (Phi) is 5.75. The van der Waals surface area contributed by atoms with Crippen LogP contribution in [0.1, 0.15) is 20.3 Å². The Morgan fingerprint density at radius 1 is 1.17 bits per heavy atom. The normalized spacial score (nSPS) is 15.2.